The zero-order chi connectivity index (χ0) is 12.2. The molecular weight excluding hydrogens is 225 g/mol. The van der Waals surface area contributed by atoms with Crippen molar-refractivity contribution in [3.63, 3.8) is 0 Å². The highest BCUT2D eigenvalue weighted by Crippen LogP contribution is 2.34. The third-order valence-electron chi connectivity index (χ3n) is 1.67. The number of alkyl halides is 3. The Morgan fingerprint density at radius 2 is 1.94 bits per heavy atom. The summed E-state index contributed by atoms with van der Waals surface area (Å²) >= 11 is 0. The second kappa shape index (κ2) is 4.65. The number of para-hydroxylation sites is 1. The van der Waals surface area contributed by atoms with Gasteiger partial charge in [0.25, 0.3) is 0 Å². The van der Waals surface area contributed by atoms with E-state index in [4.69, 9.17) is 0 Å². The molecule has 0 radical (unpaired) electrons. The minimum Gasteiger partial charge on any atom is -0.356 e. The SMILES string of the molecule is O=[N+]([O-])/C=C/Nc1ccccc1C(F)(F)F. The Morgan fingerprint density at radius 3 is 2.50 bits per heavy atom. The lowest BCUT2D eigenvalue weighted by Gasteiger charge is -2.11. The van der Waals surface area contributed by atoms with Crippen LogP contribution >= 0.6 is 0 Å². The lowest BCUT2D eigenvalue weighted by atomic mass is 10.2. The molecule has 0 atom stereocenters. The molecule has 0 unspecified atom stereocenters. The van der Waals surface area contributed by atoms with Crippen LogP contribution in [0, 0.1) is 10.1 Å². The normalized spacial score (nSPS) is 11.7. The average molecular weight is 232 g/mol. The molecule has 0 saturated carbocycles. The molecule has 0 heterocycles. The molecule has 1 aromatic carbocycles. The Balaban J connectivity index is 2.92. The summed E-state index contributed by atoms with van der Waals surface area (Å²) in [5, 5.41) is 12.1. The molecule has 1 aromatic rings. The largest absolute Gasteiger partial charge is 0.418 e. The fourth-order valence-electron chi connectivity index (χ4n) is 1.04. The van der Waals surface area contributed by atoms with Crippen molar-refractivity contribution >= 4 is 5.69 Å². The van der Waals surface area contributed by atoms with Gasteiger partial charge in [-0.2, -0.15) is 13.2 Å². The van der Waals surface area contributed by atoms with Crippen LogP contribution in [0.1, 0.15) is 5.56 Å². The Kier molecular flexibility index (Phi) is 3.49. The van der Waals surface area contributed by atoms with Crippen molar-refractivity contribution in [2.24, 2.45) is 0 Å². The van der Waals surface area contributed by atoms with Crippen molar-refractivity contribution in [1.82, 2.24) is 0 Å². The number of anilines is 1. The van der Waals surface area contributed by atoms with Crippen LogP contribution in [-0.4, -0.2) is 4.92 Å². The standard InChI is InChI=1S/C9H7F3N2O2/c10-9(11,12)7-3-1-2-4-8(7)13-5-6-14(15)16/h1-6,13H/b6-5+. The van der Waals surface area contributed by atoms with Gasteiger partial charge in [-0.15, -0.1) is 0 Å². The van der Waals surface area contributed by atoms with Gasteiger partial charge in [0.05, 0.1) is 22.4 Å². The molecule has 0 aromatic heterocycles. The maximum Gasteiger partial charge on any atom is 0.418 e. The molecule has 4 nitrogen and oxygen atoms in total. The van der Waals surface area contributed by atoms with Crippen LogP contribution in [0.25, 0.3) is 0 Å². The van der Waals surface area contributed by atoms with E-state index in [-0.39, 0.29) is 5.69 Å². The highest BCUT2D eigenvalue weighted by Gasteiger charge is 2.32. The van der Waals surface area contributed by atoms with Crippen LogP contribution in [-0.2, 0) is 6.18 Å². The zero-order valence-electron chi connectivity index (χ0n) is 7.86. The fraction of sp³-hybridized carbons (Fsp3) is 0.111. The van der Waals surface area contributed by atoms with Crippen molar-refractivity contribution < 1.29 is 18.1 Å². The van der Waals surface area contributed by atoms with Gasteiger partial charge in [0.1, 0.15) is 0 Å². The number of nitrogens with one attached hydrogen (secondary N) is 1. The minimum atomic E-state index is -4.49. The summed E-state index contributed by atoms with van der Waals surface area (Å²) < 4.78 is 37.3. The first kappa shape index (κ1) is 12.0. The first-order chi connectivity index (χ1) is 7.41. The van der Waals surface area contributed by atoms with Crippen LogP contribution in [0.15, 0.2) is 36.7 Å². The molecule has 1 N–H and O–H groups in total. The van der Waals surface area contributed by atoms with Gasteiger partial charge in [-0.05, 0) is 12.1 Å². The van der Waals surface area contributed by atoms with E-state index in [2.05, 4.69) is 5.32 Å². The third-order valence-corrected chi connectivity index (χ3v) is 1.67. The molecule has 0 fully saturated rings. The Morgan fingerprint density at radius 1 is 1.31 bits per heavy atom. The molecule has 0 spiro atoms. The van der Waals surface area contributed by atoms with Crippen LogP contribution in [0.3, 0.4) is 0 Å². The smallest absolute Gasteiger partial charge is 0.356 e. The summed E-state index contributed by atoms with van der Waals surface area (Å²) in [5.74, 6) is 0. The van der Waals surface area contributed by atoms with Gasteiger partial charge >= 0.3 is 6.18 Å². The highest BCUT2D eigenvalue weighted by atomic mass is 19.4. The maximum atomic E-state index is 12.4. The van der Waals surface area contributed by atoms with E-state index in [0.29, 0.717) is 6.20 Å². The van der Waals surface area contributed by atoms with Gasteiger partial charge in [0.15, 0.2) is 0 Å². The highest BCUT2D eigenvalue weighted by molar-refractivity contribution is 5.54. The zero-order valence-corrected chi connectivity index (χ0v) is 7.86. The van der Waals surface area contributed by atoms with E-state index in [1.807, 2.05) is 0 Å². The Bertz CT molecular complexity index is 415. The van der Waals surface area contributed by atoms with Crippen molar-refractivity contribution in [2.45, 2.75) is 6.18 Å². The molecule has 0 amide bonds. The van der Waals surface area contributed by atoms with Crippen molar-refractivity contribution in [2.75, 3.05) is 5.32 Å². The van der Waals surface area contributed by atoms with Gasteiger partial charge in [-0.3, -0.25) is 10.1 Å². The second-order valence-corrected chi connectivity index (χ2v) is 2.79. The van der Waals surface area contributed by atoms with E-state index in [1.165, 1.54) is 18.2 Å². The predicted molar refractivity (Wildman–Crippen MR) is 51.2 cm³/mol. The van der Waals surface area contributed by atoms with Crippen LogP contribution < -0.4 is 5.32 Å². The summed E-state index contributed by atoms with van der Waals surface area (Å²) in [5.41, 5.74) is -1.10. The van der Waals surface area contributed by atoms with Crippen molar-refractivity contribution in [3.8, 4) is 0 Å². The van der Waals surface area contributed by atoms with Crippen molar-refractivity contribution in [3.05, 3.63) is 52.3 Å². The number of nitrogens with zero attached hydrogens (tertiary/aromatic N) is 1. The van der Waals surface area contributed by atoms with Gasteiger partial charge in [-0.25, -0.2) is 0 Å². The molecule has 16 heavy (non-hydrogen) atoms. The fourth-order valence-corrected chi connectivity index (χ4v) is 1.04. The van der Waals surface area contributed by atoms with E-state index in [9.17, 15) is 23.3 Å². The lowest BCUT2D eigenvalue weighted by molar-refractivity contribution is -0.402. The monoisotopic (exact) mass is 232 g/mol. The Hall–Kier alpha value is -2.05. The first-order valence-corrected chi connectivity index (χ1v) is 4.14. The molecule has 7 heteroatoms. The quantitative estimate of drug-likeness (QED) is 0.643. The molecular formula is C9H7F3N2O2. The van der Waals surface area contributed by atoms with Crippen LogP contribution in [0.5, 0.6) is 0 Å². The number of halogens is 3. The van der Waals surface area contributed by atoms with E-state index >= 15 is 0 Å². The van der Waals surface area contributed by atoms with Gasteiger partial charge in [0.2, 0.25) is 6.20 Å². The molecule has 86 valence electrons. The summed E-state index contributed by atoms with van der Waals surface area (Å²) in [6.07, 6.45) is -3.14. The second-order valence-electron chi connectivity index (χ2n) is 2.79. The summed E-state index contributed by atoms with van der Waals surface area (Å²) in [4.78, 5) is 9.15. The van der Waals surface area contributed by atoms with Gasteiger partial charge in [-0.1, -0.05) is 12.1 Å². The van der Waals surface area contributed by atoms with E-state index < -0.39 is 16.7 Å². The summed E-state index contributed by atoms with van der Waals surface area (Å²) in [7, 11) is 0. The van der Waals surface area contributed by atoms with E-state index in [0.717, 1.165) is 12.3 Å². The lowest BCUT2D eigenvalue weighted by Crippen LogP contribution is -2.08. The Labute approximate surface area is 88.5 Å². The van der Waals surface area contributed by atoms with Crippen LogP contribution in [0.4, 0.5) is 18.9 Å². The third kappa shape index (κ3) is 3.26. The minimum absolute atomic E-state index is 0.229. The molecule has 1 rings (SSSR count). The predicted octanol–water partition coefficient (Wildman–Crippen LogP) is 2.87. The maximum absolute atomic E-state index is 12.4. The average Bonchev–Trinajstić information content (AvgIpc) is 2.16. The molecule has 0 aliphatic rings. The first-order valence-electron chi connectivity index (χ1n) is 4.14. The summed E-state index contributed by atoms with van der Waals surface area (Å²) in [6.45, 7) is 0. The topological polar surface area (TPSA) is 55.2 Å². The van der Waals surface area contributed by atoms with E-state index in [1.54, 1.807) is 0 Å². The number of nitro groups is 1. The number of benzene rings is 1. The summed E-state index contributed by atoms with van der Waals surface area (Å²) in [6, 6.07) is 4.72. The number of hydrogen-bond acceptors (Lipinski definition) is 3. The molecule has 0 saturated heterocycles. The van der Waals surface area contributed by atoms with Gasteiger partial charge < -0.3 is 5.32 Å². The molecule has 0 bridgehead atoms. The molecule has 0 aliphatic heterocycles. The van der Waals surface area contributed by atoms with Gasteiger partial charge in [0, 0.05) is 0 Å². The number of rotatable bonds is 3. The van der Waals surface area contributed by atoms with Crippen LogP contribution in [0.2, 0.25) is 0 Å². The number of hydrogen-bond donors (Lipinski definition) is 1. The van der Waals surface area contributed by atoms with Crippen molar-refractivity contribution in [1.29, 1.82) is 0 Å². The molecule has 0 aliphatic carbocycles.